The fourth-order valence-corrected chi connectivity index (χ4v) is 5.29. The molecule has 0 spiro atoms. The number of primary amides is 1. The fourth-order valence-electron chi connectivity index (χ4n) is 5.29. The van der Waals surface area contributed by atoms with Gasteiger partial charge in [-0.3, -0.25) is 9.59 Å². The Morgan fingerprint density at radius 3 is 2.45 bits per heavy atom. The van der Waals surface area contributed by atoms with Crippen LogP contribution in [0.25, 0.3) is 27.6 Å². The number of rotatable bonds is 6. The van der Waals surface area contributed by atoms with Crippen LogP contribution in [0, 0.1) is 18.3 Å². The molecule has 7 nitrogen and oxygen atoms in total. The molecule has 2 amide bonds. The molecule has 1 aromatic heterocycles. The minimum absolute atomic E-state index is 0.0659. The summed E-state index contributed by atoms with van der Waals surface area (Å²) in [6, 6.07) is 22.2. The quantitative estimate of drug-likeness (QED) is 0.266. The minimum Gasteiger partial charge on any atom is -0.366 e. The Morgan fingerprint density at radius 1 is 1.07 bits per heavy atom. The molecule has 4 N–H and O–H groups in total. The van der Waals surface area contributed by atoms with Crippen molar-refractivity contribution in [3.8, 4) is 17.2 Å². The van der Waals surface area contributed by atoms with Gasteiger partial charge in [-0.2, -0.15) is 5.26 Å². The molecule has 202 valence electrons. The molecule has 0 radical (unpaired) electrons. The largest absolute Gasteiger partial charge is 0.366 e. The third-order valence-corrected chi connectivity index (χ3v) is 7.85. The second-order valence-electron chi connectivity index (χ2n) is 10.9. The van der Waals surface area contributed by atoms with Crippen LogP contribution >= 0.6 is 0 Å². The molecular weight excluding hydrogens is 498 g/mol. The molecule has 0 unspecified atom stereocenters. The number of hydrogen-bond acceptors (Lipinski definition) is 4. The van der Waals surface area contributed by atoms with Crippen molar-refractivity contribution >= 4 is 39.7 Å². The highest BCUT2D eigenvalue weighted by molar-refractivity contribution is 6.10. The maximum absolute atomic E-state index is 12.3. The number of anilines is 2. The van der Waals surface area contributed by atoms with Crippen LogP contribution in [-0.4, -0.2) is 34.8 Å². The summed E-state index contributed by atoms with van der Waals surface area (Å²) >= 11 is 0. The van der Waals surface area contributed by atoms with Crippen LogP contribution in [0.2, 0.25) is 0 Å². The summed E-state index contributed by atoms with van der Waals surface area (Å²) in [5, 5.41) is 13.9. The van der Waals surface area contributed by atoms with Crippen LogP contribution in [0.15, 0.2) is 66.7 Å². The van der Waals surface area contributed by atoms with E-state index in [1.807, 2.05) is 61.2 Å². The number of hydrogen-bond donors (Lipinski definition) is 3. The van der Waals surface area contributed by atoms with E-state index in [2.05, 4.69) is 41.5 Å². The van der Waals surface area contributed by atoms with Gasteiger partial charge in [-0.25, -0.2) is 0 Å². The lowest BCUT2D eigenvalue weighted by atomic mass is 9.86. The number of aromatic nitrogens is 1. The van der Waals surface area contributed by atoms with Gasteiger partial charge in [-0.1, -0.05) is 36.4 Å². The van der Waals surface area contributed by atoms with E-state index in [4.69, 9.17) is 5.73 Å². The molecule has 0 fully saturated rings. The number of fused-ring (bicyclic) bond motifs is 1. The van der Waals surface area contributed by atoms with Crippen LogP contribution in [-0.2, 0) is 10.2 Å². The molecule has 2 heterocycles. The van der Waals surface area contributed by atoms with Crippen LogP contribution in [0.3, 0.4) is 0 Å². The summed E-state index contributed by atoms with van der Waals surface area (Å²) in [5.41, 5.74) is 14.4. The molecular formula is C33H33N5O2. The van der Waals surface area contributed by atoms with Gasteiger partial charge in [-0.05, 0) is 85.4 Å². The van der Waals surface area contributed by atoms with Gasteiger partial charge in [0.15, 0.2) is 0 Å². The number of amides is 2. The highest BCUT2D eigenvalue weighted by Gasteiger charge is 2.21. The van der Waals surface area contributed by atoms with Gasteiger partial charge in [-0.15, -0.1) is 0 Å². The van der Waals surface area contributed by atoms with Crippen molar-refractivity contribution in [3.05, 3.63) is 89.1 Å². The summed E-state index contributed by atoms with van der Waals surface area (Å²) in [4.78, 5) is 29.3. The smallest absolute Gasteiger partial charge is 0.250 e. The third-order valence-electron chi connectivity index (χ3n) is 7.85. The second-order valence-corrected chi connectivity index (χ2v) is 10.9. The Labute approximate surface area is 234 Å². The van der Waals surface area contributed by atoms with Crippen molar-refractivity contribution in [1.29, 1.82) is 5.26 Å². The summed E-state index contributed by atoms with van der Waals surface area (Å²) in [7, 11) is 0. The zero-order valence-corrected chi connectivity index (χ0v) is 23.3. The molecule has 0 aliphatic carbocycles. The number of carbonyl (C=O) groups is 2. The summed E-state index contributed by atoms with van der Waals surface area (Å²) in [6.45, 7) is 8.71. The van der Waals surface area contributed by atoms with E-state index < -0.39 is 11.3 Å². The Kier molecular flexibility index (Phi) is 6.95. The average Bonchev–Trinajstić information content (AvgIpc) is 3.39. The first-order chi connectivity index (χ1) is 19.1. The van der Waals surface area contributed by atoms with Crippen molar-refractivity contribution in [2.24, 2.45) is 5.73 Å². The molecule has 0 saturated carbocycles. The Balaban J connectivity index is 1.53. The van der Waals surface area contributed by atoms with E-state index in [-0.39, 0.29) is 5.91 Å². The molecule has 7 heteroatoms. The van der Waals surface area contributed by atoms with Gasteiger partial charge >= 0.3 is 0 Å². The predicted octanol–water partition coefficient (Wildman–Crippen LogP) is 6.42. The molecule has 0 saturated heterocycles. The average molecular weight is 532 g/mol. The van der Waals surface area contributed by atoms with Crippen molar-refractivity contribution in [2.75, 3.05) is 18.4 Å². The molecule has 40 heavy (non-hydrogen) atoms. The number of benzene rings is 3. The maximum atomic E-state index is 12.3. The lowest BCUT2D eigenvalue weighted by Gasteiger charge is -2.24. The molecule has 5 rings (SSSR count). The van der Waals surface area contributed by atoms with Crippen LogP contribution in [0.1, 0.15) is 54.4 Å². The van der Waals surface area contributed by atoms with E-state index in [1.165, 1.54) is 0 Å². The molecule has 0 bridgehead atoms. The van der Waals surface area contributed by atoms with E-state index in [9.17, 15) is 14.9 Å². The van der Waals surface area contributed by atoms with Crippen LogP contribution < -0.4 is 11.1 Å². The zero-order valence-electron chi connectivity index (χ0n) is 23.3. The fraction of sp³-hybridized carbons (Fsp3) is 0.242. The molecule has 1 aliphatic heterocycles. The first-order valence-electron chi connectivity index (χ1n) is 13.4. The number of nitrogens with zero attached hydrogens (tertiary/aromatic N) is 2. The van der Waals surface area contributed by atoms with Crippen LogP contribution in [0.5, 0.6) is 0 Å². The first kappa shape index (κ1) is 26.8. The highest BCUT2D eigenvalue weighted by Crippen LogP contribution is 2.38. The van der Waals surface area contributed by atoms with Gasteiger partial charge in [0.05, 0.1) is 22.6 Å². The van der Waals surface area contributed by atoms with Crippen molar-refractivity contribution in [3.63, 3.8) is 0 Å². The van der Waals surface area contributed by atoms with E-state index >= 15 is 0 Å². The maximum Gasteiger partial charge on any atom is 0.250 e. The number of nitriles is 1. The second kappa shape index (κ2) is 10.4. The van der Waals surface area contributed by atoms with Crippen molar-refractivity contribution < 1.29 is 9.59 Å². The third kappa shape index (κ3) is 4.96. The number of nitrogens with two attached hydrogens (primary N) is 1. The zero-order chi connectivity index (χ0) is 28.6. The van der Waals surface area contributed by atoms with Crippen molar-refractivity contribution in [2.45, 2.75) is 39.5 Å². The molecule has 4 aromatic rings. The molecule has 3 aromatic carbocycles. The van der Waals surface area contributed by atoms with Crippen LogP contribution in [0.4, 0.5) is 11.4 Å². The number of H-pyrrole nitrogens is 1. The van der Waals surface area contributed by atoms with E-state index in [0.29, 0.717) is 24.2 Å². The van der Waals surface area contributed by atoms with Gasteiger partial charge in [0.25, 0.3) is 5.91 Å². The topological polar surface area (TPSA) is 115 Å². The normalized spacial score (nSPS) is 13.6. The standard InChI is InChI=1S/C33H33N5O2/c1-20-25(6-5-7-29(20)36-24-10-8-23(9-11-24)33(3,4)19-34)26-12-13-27(32(35)40)31-28(26)18-30(37-31)22-14-16-38(17-15-22)21(2)39/h5-14,18,36-37H,15-17H2,1-4H3,(H2,35,40). The summed E-state index contributed by atoms with van der Waals surface area (Å²) in [6.07, 6.45) is 2.80. The Morgan fingerprint density at radius 2 is 1.82 bits per heavy atom. The Hall–Kier alpha value is -4.83. The summed E-state index contributed by atoms with van der Waals surface area (Å²) < 4.78 is 0. The van der Waals surface area contributed by atoms with Gasteiger partial charge in [0.2, 0.25) is 5.91 Å². The van der Waals surface area contributed by atoms with Gasteiger partial charge in [0.1, 0.15) is 0 Å². The van der Waals surface area contributed by atoms with E-state index in [0.717, 1.165) is 56.7 Å². The number of aromatic amines is 1. The lowest BCUT2D eigenvalue weighted by molar-refractivity contribution is -0.128. The van der Waals surface area contributed by atoms with Gasteiger partial charge < -0.3 is 20.9 Å². The molecule has 0 atom stereocenters. The number of carbonyl (C=O) groups excluding carboxylic acids is 2. The van der Waals surface area contributed by atoms with Gasteiger partial charge in [0, 0.05) is 42.5 Å². The number of nitrogens with one attached hydrogen (secondary N) is 2. The first-order valence-corrected chi connectivity index (χ1v) is 13.4. The van der Waals surface area contributed by atoms with E-state index in [1.54, 1.807) is 13.0 Å². The lowest BCUT2D eigenvalue weighted by Crippen LogP contribution is -2.32. The Bertz CT molecular complexity index is 1700. The SMILES string of the molecule is CC(=O)N1CC=C(c2cc3c(-c4cccc(Nc5ccc(C(C)(C)C#N)cc5)c4C)ccc(C(N)=O)c3[nH]2)CC1. The molecule has 1 aliphatic rings. The highest BCUT2D eigenvalue weighted by atomic mass is 16.2. The monoisotopic (exact) mass is 531 g/mol. The summed E-state index contributed by atoms with van der Waals surface area (Å²) in [5.74, 6) is -0.420. The predicted molar refractivity (Wildman–Crippen MR) is 160 cm³/mol. The minimum atomic E-state index is -0.549. The van der Waals surface area contributed by atoms with Crippen molar-refractivity contribution in [1.82, 2.24) is 9.88 Å².